The Morgan fingerprint density at radius 3 is 2.95 bits per heavy atom. The number of benzene rings is 2. The van der Waals surface area contributed by atoms with Crippen LogP contribution in [0.5, 0.6) is 5.75 Å². The van der Waals surface area contributed by atoms with E-state index in [0.29, 0.717) is 23.8 Å². The third kappa shape index (κ3) is 3.06. The molecule has 0 fully saturated rings. The van der Waals surface area contributed by atoms with Gasteiger partial charge in [0.15, 0.2) is 0 Å². The smallest absolute Gasteiger partial charge is 0.125 e. The molecule has 0 aromatic heterocycles. The van der Waals surface area contributed by atoms with Gasteiger partial charge in [0.1, 0.15) is 11.6 Å². The highest BCUT2D eigenvalue weighted by molar-refractivity contribution is 7.99. The van der Waals surface area contributed by atoms with E-state index < -0.39 is 6.10 Å². The minimum absolute atomic E-state index is 0.332. The maximum Gasteiger partial charge on any atom is 0.125 e. The first-order valence-corrected chi connectivity index (χ1v) is 7.95. The summed E-state index contributed by atoms with van der Waals surface area (Å²) < 4.78 is 19.1. The second-order valence-electron chi connectivity index (χ2n) is 5.21. The molecular weight excluding hydrogens is 287 g/mol. The van der Waals surface area contributed by atoms with Crippen LogP contribution in [0.25, 0.3) is 0 Å². The number of aliphatic hydroxyl groups is 1. The van der Waals surface area contributed by atoms with E-state index in [4.69, 9.17) is 4.74 Å². The molecule has 2 aromatic rings. The van der Waals surface area contributed by atoms with Gasteiger partial charge in [0.05, 0.1) is 12.7 Å². The molecule has 0 saturated carbocycles. The van der Waals surface area contributed by atoms with Crippen molar-refractivity contribution in [1.82, 2.24) is 0 Å². The number of hydrogen-bond donors (Lipinski definition) is 1. The van der Waals surface area contributed by atoms with Crippen molar-refractivity contribution in [2.24, 2.45) is 0 Å². The van der Waals surface area contributed by atoms with Gasteiger partial charge in [-0.3, -0.25) is 0 Å². The summed E-state index contributed by atoms with van der Waals surface area (Å²) in [5.74, 6) is 1.52. The van der Waals surface area contributed by atoms with Gasteiger partial charge in [0.2, 0.25) is 0 Å². The second kappa shape index (κ2) is 6.08. The van der Waals surface area contributed by atoms with E-state index in [-0.39, 0.29) is 5.82 Å². The Kier molecular flexibility index (Phi) is 4.17. The summed E-state index contributed by atoms with van der Waals surface area (Å²) >= 11 is 1.83. The zero-order valence-corrected chi connectivity index (χ0v) is 12.6. The van der Waals surface area contributed by atoms with Crippen molar-refractivity contribution in [3.8, 4) is 5.75 Å². The summed E-state index contributed by atoms with van der Waals surface area (Å²) in [6, 6.07) is 12.6. The zero-order chi connectivity index (χ0) is 14.8. The van der Waals surface area contributed by atoms with Gasteiger partial charge >= 0.3 is 0 Å². The lowest BCUT2D eigenvalue weighted by Crippen LogP contribution is -2.11. The summed E-state index contributed by atoms with van der Waals surface area (Å²) in [5, 5.41) is 9.73. The van der Waals surface area contributed by atoms with Gasteiger partial charge in [0.25, 0.3) is 0 Å². The lowest BCUT2D eigenvalue weighted by atomic mass is 10.0. The van der Waals surface area contributed by atoms with Gasteiger partial charge in [-0.1, -0.05) is 18.2 Å². The zero-order valence-electron chi connectivity index (χ0n) is 11.8. The van der Waals surface area contributed by atoms with Gasteiger partial charge in [0, 0.05) is 22.1 Å². The van der Waals surface area contributed by atoms with Crippen molar-refractivity contribution in [2.75, 3.05) is 12.4 Å². The predicted molar refractivity (Wildman–Crippen MR) is 82.4 cm³/mol. The standard InChI is InChI=1S/C17H17FO2S/c1-11(19)15-8-13(18)6-7-16(15)20-9-12-10-21-17-5-3-2-4-14(12)17/h2-8,11-12,19H,9-10H2,1H3/t11-,12?/m1/s1. The maximum atomic E-state index is 13.3. The summed E-state index contributed by atoms with van der Waals surface area (Å²) in [7, 11) is 0. The molecular formula is C17H17FO2S. The van der Waals surface area contributed by atoms with Gasteiger partial charge < -0.3 is 9.84 Å². The molecule has 1 aliphatic rings. The van der Waals surface area contributed by atoms with E-state index in [0.717, 1.165) is 5.75 Å². The first kappa shape index (κ1) is 14.4. The fraction of sp³-hybridized carbons (Fsp3) is 0.294. The molecule has 1 unspecified atom stereocenters. The Bertz CT molecular complexity index is 642. The highest BCUT2D eigenvalue weighted by atomic mass is 32.2. The van der Waals surface area contributed by atoms with Crippen LogP contribution < -0.4 is 4.74 Å². The first-order chi connectivity index (χ1) is 10.1. The van der Waals surface area contributed by atoms with E-state index in [9.17, 15) is 9.50 Å². The lowest BCUT2D eigenvalue weighted by molar-refractivity contribution is 0.189. The van der Waals surface area contributed by atoms with Crippen molar-refractivity contribution in [1.29, 1.82) is 0 Å². The minimum atomic E-state index is -0.749. The van der Waals surface area contributed by atoms with Crippen LogP contribution in [-0.4, -0.2) is 17.5 Å². The fourth-order valence-corrected chi connectivity index (χ4v) is 3.77. The number of hydrogen-bond acceptors (Lipinski definition) is 3. The Balaban J connectivity index is 1.75. The second-order valence-corrected chi connectivity index (χ2v) is 6.28. The van der Waals surface area contributed by atoms with Crippen molar-refractivity contribution in [3.63, 3.8) is 0 Å². The predicted octanol–water partition coefficient (Wildman–Crippen LogP) is 4.15. The average Bonchev–Trinajstić information content (AvgIpc) is 2.89. The monoisotopic (exact) mass is 304 g/mol. The van der Waals surface area contributed by atoms with Crippen molar-refractivity contribution >= 4 is 11.8 Å². The number of aliphatic hydroxyl groups excluding tert-OH is 1. The number of halogens is 1. The van der Waals surface area contributed by atoms with E-state index in [2.05, 4.69) is 12.1 Å². The number of ether oxygens (including phenoxy) is 1. The van der Waals surface area contributed by atoms with E-state index in [1.807, 2.05) is 23.9 Å². The molecule has 4 heteroatoms. The Morgan fingerprint density at radius 2 is 2.14 bits per heavy atom. The van der Waals surface area contributed by atoms with Gasteiger partial charge in [-0.05, 0) is 36.8 Å². The summed E-state index contributed by atoms with van der Waals surface area (Å²) in [5.41, 5.74) is 1.80. The molecule has 0 aliphatic carbocycles. The van der Waals surface area contributed by atoms with E-state index in [1.54, 1.807) is 13.0 Å². The first-order valence-electron chi connectivity index (χ1n) is 6.97. The highest BCUT2D eigenvalue weighted by Gasteiger charge is 2.23. The van der Waals surface area contributed by atoms with Gasteiger partial charge in [-0.15, -0.1) is 11.8 Å². The number of fused-ring (bicyclic) bond motifs is 1. The summed E-state index contributed by atoms with van der Waals surface area (Å²) in [6.45, 7) is 2.15. The summed E-state index contributed by atoms with van der Waals surface area (Å²) in [4.78, 5) is 1.31. The molecule has 110 valence electrons. The average molecular weight is 304 g/mol. The van der Waals surface area contributed by atoms with Crippen LogP contribution in [0.1, 0.15) is 30.1 Å². The van der Waals surface area contributed by atoms with E-state index >= 15 is 0 Å². The fourth-order valence-electron chi connectivity index (χ4n) is 2.53. The molecule has 3 rings (SSSR count). The van der Waals surface area contributed by atoms with Gasteiger partial charge in [-0.25, -0.2) is 4.39 Å². The topological polar surface area (TPSA) is 29.5 Å². The normalized spacial score (nSPS) is 18.3. The van der Waals surface area contributed by atoms with Crippen LogP contribution in [0.4, 0.5) is 4.39 Å². The Labute approximate surface area is 128 Å². The number of rotatable bonds is 4. The van der Waals surface area contributed by atoms with Crippen LogP contribution in [-0.2, 0) is 0 Å². The maximum absolute atomic E-state index is 13.3. The molecule has 0 radical (unpaired) electrons. The molecule has 21 heavy (non-hydrogen) atoms. The van der Waals surface area contributed by atoms with Crippen LogP contribution in [0.3, 0.4) is 0 Å². The molecule has 1 aliphatic heterocycles. The van der Waals surface area contributed by atoms with Gasteiger partial charge in [-0.2, -0.15) is 0 Å². The molecule has 0 bridgehead atoms. The largest absolute Gasteiger partial charge is 0.493 e. The van der Waals surface area contributed by atoms with Crippen LogP contribution in [0.2, 0.25) is 0 Å². The Hall–Kier alpha value is -1.52. The SMILES string of the molecule is C[C@@H](O)c1cc(F)ccc1OCC1CSc2ccccc21. The molecule has 0 spiro atoms. The molecule has 0 saturated heterocycles. The molecule has 0 amide bonds. The minimum Gasteiger partial charge on any atom is -0.493 e. The molecule has 2 nitrogen and oxygen atoms in total. The third-order valence-electron chi connectivity index (χ3n) is 3.66. The molecule has 2 atom stereocenters. The Morgan fingerprint density at radius 1 is 1.33 bits per heavy atom. The molecule has 1 heterocycles. The number of thioether (sulfide) groups is 1. The molecule has 1 N–H and O–H groups in total. The summed E-state index contributed by atoms with van der Waals surface area (Å²) in [6.07, 6.45) is -0.749. The quantitative estimate of drug-likeness (QED) is 0.920. The van der Waals surface area contributed by atoms with Crippen molar-refractivity contribution in [2.45, 2.75) is 23.8 Å². The van der Waals surface area contributed by atoms with Crippen LogP contribution in [0.15, 0.2) is 47.4 Å². The van der Waals surface area contributed by atoms with E-state index in [1.165, 1.54) is 22.6 Å². The van der Waals surface area contributed by atoms with Crippen LogP contribution in [0, 0.1) is 5.82 Å². The third-order valence-corrected chi connectivity index (χ3v) is 4.91. The lowest BCUT2D eigenvalue weighted by Gasteiger charge is -2.16. The molecule has 2 aromatic carbocycles. The highest BCUT2D eigenvalue weighted by Crippen LogP contribution is 2.39. The van der Waals surface area contributed by atoms with Crippen LogP contribution >= 0.6 is 11.8 Å². The van der Waals surface area contributed by atoms with Crippen molar-refractivity contribution < 1.29 is 14.2 Å². The van der Waals surface area contributed by atoms with Crippen molar-refractivity contribution in [3.05, 3.63) is 59.4 Å².